The number of rotatable bonds is 1. The number of nitrogens with zero attached hydrogens (tertiary/aromatic N) is 2. The monoisotopic (exact) mass is 307 g/mol. The van der Waals surface area contributed by atoms with Gasteiger partial charge in [0, 0.05) is 43.2 Å². The summed E-state index contributed by atoms with van der Waals surface area (Å²) in [7, 11) is 1.85. The predicted molar refractivity (Wildman–Crippen MR) is 91.3 cm³/mol. The van der Waals surface area contributed by atoms with Crippen LogP contribution in [0.15, 0.2) is 30.6 Å². The Hall–Kier alpha value is -2.20. The molecule has 4 heteroatoms. The molecule has 1 unspecified atom stereocenters. The minimum atomic E-state index is 0.104. The number of hydrogen-bond acceptors (Lipinski definition) is 3. The van der Waals surface area contributed by atoms with Gasteiger partial charge in [0.2, 0.25) is 5.91 Å². The summed E-state index contributed by atoms with van der Waals surface area (Å²) in [6.07, 6.45) is 8.51. The lowest BCUT2D eigenvalue weighted by molar-refractivity contribution is -0.118. The molecule has 2 heterocycles. The molecule has 4 nitrogen and oxygen atoms in total. The number of carbonyl (C=O) groups excluding carboxylic acids is 1. The Labute approximate surface area is 136 Å². The first-order valence-corrected chi connectivity index (χ1v) is 8.27. The summed E-state index contributed by atoms with van der Waals surface area (Å²) < 4.78 is 0. The molecule has 0 fully saturated rings. The van der Waals surface area contributed by atoms with Gasteiger partial charge in [0.05, 0.1) is 0 Å². The lowest BCUT2D eigenvalue weighted by Gasteiger charge is -2.27. The second-order valence-electron chi connectivity index (χ2n) is 6.55. The number of nitrogens with two attached hydrogens (primary N) is 1. The number of hydrogen-bond donors (Lipinski definition) is 1. The number of carbonyl (C=O) groups is 1. The normalized spacial score (nSPS) is 20.2. The van der Waals surface area contributed by atoms with Gasteiger partial charge < -0.3 is 10.6 Å². The Kier molecular flexibility index (Phi) is 3.42. The number of pyridine rings is 1. The topological polar surface area (TPSA) is 59.2 Å². The van der Waals surface area contributed by atoms with Gasteiger partial charge in [-0.25, -0.2) is 0 Å². The second-order valence-corrected chi connectivity index (χ2v) is 6.55. The van der Waals surface area contributed by atoms with Crippen molar-refractivity contribution in [2.45, 2.75) is 38.1 Å². The molecule has 23 heavy (non-hydrogen) atoms. The first-order valence-electron chi connectivity index (χ1n) is 8.27. The van der Waals surface area contributed by atoms with E-state index < -0.39 is 0 Å². The third-order valence-corrected chi connectivity index (χ3v) is 5.17. The van der Waals surface area contributed by atoms with E-state index in [0.717, 1.165) is 31.4 Å². The molecule has 1 aromatic heterocycles. The van der Waals surface area contributed by atoms with Crippen molar-refractivity contribution in [1.29, 1.82) is 0 Å². The van der Waals surface area contributed by atoms with Crippen LogP contribution in [0, 0.1) is 0 Å². The van der Waals surface area contributed by atoms with E-state index in [0.29, 0.717) is 6.42 Å². The molecule has 2 aliphatic rings. The molecule has 1 amide bonds. The highest BCUT2D eigenvalue weighted by Crippen LogP contribution is 2.37. The first kappa shape index (κ1) is 14.4. The van der Waals surface area contributed by atoms with Crippen molar-refractivity contribution < 1.29 is 4.79 Å². The number of fused-ring (bicyclic) bond motifs is 2. The van der Waals surface area contributed by atoms with E-state index in [1.807, 2.05) is 19.4 Å². The van der Waals surface area contributed by atoms with E-state index in [-0.39, 0.29) is 11.9 Å². The average molecular weight is 307 g/mol. The largest absolute Gasteiger partial charge is 0.324 e. The van der Waals surface area contributed by atoms with E-state index in [4.69, 9.17) is 5.73 Å². The van der Waals surface area contributed by atoms with Crippen LogP contribution in [0.5, 0.6) is 0 Å². The molecule has 1 aromatic carbocycles. The van der Waals surface area contributed by atoms with Crippen LogP contribution >= 0.6 is 0 Å². The van der Waals surface area contributed by atoms with Crippen LogP contribution in [-0.4, -0.2) is 17.9 Å². The van der Waals surface area contributed by atoms with E-state index in [9.17, 15) is 4.79 Å². The van der Waals surface area contributed by atoms with Crippen molar-refractivity contribution >= 4 is 11.6 Å². The molecule has 0 saturated carbocycles. The van der Waals surface area contributed by atoms with Crippen LogP contribution in [-0.2, 0) is 17.6 Å². The number of benzene rings is 1. The fraction of sp³-hybridized carbons (Fsp3) is 0.368. The molecule has 0 saturated heterocycles. The zero-order chi connectivity index (χ0) is 16.0. The summed E-state index contributed by atoms with van der Waals surface area (Å²) in [5.74, 6) is 0.190. The Bertz CT molecular complexity index is 784. The van der Waals surface area contributed by atoms with E-state index in [2.05, 4.69) is 23.2 Å². The van der Waals surface area contributed by atoms with Gasteiger partial charge in [-0.3, -0.25) is 9.78 Å². The molecule has 0 bridgehead atoms. The molecule has 4 rings (SSSR count). The summed E-state index contributed by atoms with van der Waals surface area (Å²) in [6.45, 7) is 0. The molecule has 1 aliphatic heterocycles. The maximum Gasteiger partial charge on any atom is 0.227 e. The predicted octanol–water partition coefficient (Wildman–Crippen LogP) is 2.99. The summed E-state index contributed by atoms with van der Waals surface area (Å²) >= 11 is 0. The van der Waals surface area contributed by atoms with Gasteiger partial charge in [0.1, 0.15) is 0 Å². The van der Waals surface area contributed by atoms with Gasteiger partial charge in [-0.15, -0.1) is 0 Å². The highest BCUT2D eigenvalue weighted by Gasteiger charge is 2.23. The van der Waals surface area contributed by atoms with Crippen molar-refractivity contribution in [3.63, 3.8) is 0 Å². The maximum atomic E-state index is 11.8. The van der Waals surface area contributed by atoms with Crippen molar-refractivity contribution in [1.82, 2.24) is 4.98 Å². The fourth-order valence-corrected chi connectivity index (χ4v) is 3.83. The molecule has 0 spiro atoms. The Morgan fingerprint density at radius 3 is 2.96 bits per heavy atom. The molecule has 118 valence electrons. The van der Waals surface area contributed by atoms with Gasteiger partial charge >= 0.3 is 0 Å². The van der Waals surface area contributed by atoms with Crippen LogP contribution in [0.4, 0.5) is 5.69 Å². The molecule has 2 aromatic rings. The minimum absolute atomic E-state index is 0.104. The number of amides is 1. The maximum absolute atomic E-state index is 11.8. The van der Waals surface area contributed by atoms with Crippen molar-refractivity contribution in [3.05, 3.63) is 47.3 Å². The Balaban J connectivity index is 1.81. The Morgan fingerprint density at radius 1 is 1.22 bits per heavy atom. The Morgan fingerprint density at radius 2 is 2.09 bits per heavy atom. The molecule has 0 radical (unpaired) electrons. The van der Waals surface area contributed by atoms with Crippen LogP contribution in [0.1, 0.15) is 42.0 Å². The molecule has 1 aliphatic carbocycles. The van der Waals surface area contributed by atoms with E-state index in [1.54, 1.807) is 4.90 Å². The van der Waals surface area contributed by atoms with Gasteiger partial charge in [-0.2, -0.15) is 0 Å². The first-order chi connectivity index (χ1) is 11.1. The van der Waals surface area contributed by atoms with E-state index in [1.165, 1.54) is 27.8 Å². The van der Waals surface area contributed by atoms with Gasteiger partial charge in [-0.1, -0.05) is 6.07 Å². The van der Waals surface area contributed by atoms with Crippen LogP contribution in [0.25, 0.3) is 11.1 Å². The van der Waals surface area contributed by atoms with Gasteiger partial charge in [0.25, 0.3) is 0 Å². The van der Waals surface area contributed by atoms with Crippen molar-refractivity contribution in [2.75, 3.05) is 11.9 Å². The van der Waals surface area contributed by atoms with Gasteiger partial charge in [0.15, 0.2) is 0 Å². The minimum Gasteiger partial charge on any atom is -0.324 e. The zero-order valence-corrected chi connectivity index (χ0v) is 13.4. The van der Waals surface area contributed by atoms with E-state index >= 15 is 0 Å². The molecular weight excluding hydrogens is 286 g/mol. The van der Waals surface area contributed by atoms with Crippen LogP contribution < -0.4 is 10.6 Å². The summed E-state index contributed by atoms with van der Waals surface area (Å²) in [6, 6.07) is 6.48. The highest BCUT2D eigenvalue weighted by molar-refractivity contribution is 5.96. The van der Waals surface area contributed by atoms with Gasteiger partial charge in [-0.05, 0) is 60.1 Å². The third kappa shape index (κ3) is 2.34. The molecule has 1 atom stereocenters. The summed E-state index contributed by atoms with van der Waals surface area (Å²) in [5.41, 5.74) is 13.4. The zero-order valence-electron chi connectivity index (χ0n) is 13.4. The number of aromatic nitrogens is 1. The van der Waals surface area contributed by atoms with Crippen LogP contribution in [0.2, 0.25) is 0 Å². The molecular formula is C19H21N3O. The fourth-order valence-electron chi connectivity index (χ4n) is 3.83. The summed E-state index contributed by atoms with van der Waals surface area (Å²) in [4.78, 5) is 18.0. The summed E-state index contributed by atoms with van der Waals surface area (Å²) in [5, 5.41) is 0. The quantitative estimate of drug-likeness (QED) is 0.881. The smallest absolute Gasteiger partial charge is 0.227 e. The third-order valence-electron chi connectivity index (χ3n) is 5.17. The number of aryl methyl sites for hydroxylation is 1. The SMILES string of the molecule is CN1C(=O)CCc2cc(-c3cncc4c3CCCC4N)ccc21. The standard InChI is InChI=1S/C19H21N3O/c1-22-18-7-5-12(9-13(18)6-8-19(22)23)15-10-21-11-16-14(15)3-2-4-17(16)20/h5,7,9-11,17H,2-4,6,8,20H2,1H3. The number of anilines is 1. The van der Waals surface area contributed by atoms with Crippen molar-refractivity contribution in [3.8, 4) is 11.1 Å². The highest BCUT2D eigenvalue weighted by atomic mass is 16.2. The van der Waals surface area contributed by atoms with Crippen molar-refractivity contribution in [2.24, 2.45) is 5.73 Å². The lowest BCUT2D eigenvalue weighted by Crippen LogP contribution is -2.31. The molecule has 2 N–H and O–H groups in total. The van der Waals surface area contributed by atoms with Crippen LogP contribution in [0.3, 0.4) is 0 Å². The average Bonchev–Trinajstić information content (AvgIpc) is 2.58. The lowest BCUT2D eigenvalue weighted by atomic mass is 9.84. The second kappa shape index (κ2) is 5.46.